The topological polar surface area (TPSA) is 58.6 Å². The molecule has 1 atom stereocenters. The van der Waals surface area contributed by atoms with Crippen molar-refractivity contribution in [3.05, 3.63) is 60.7 Å². The summed E-state index contributed by atoms with van der Waals surface area (Å²) in [5.74, 6) is 0.268. The Hall–Kier alpha value is -2.82. The van der Waals surface area contributed by atoms with Gasteiger partial charge in [-0.3, -0.25) is 9.59 Å². The zero-order valence-corrected chi connectivity index (χ0v) is 13.8. The minimum absolute atomic E-state index is 0.180. The number of benzene rings is 1. The number of fused-ring (bicyclic) bond motifs is 1. The minimum Gasteiger partial charge on any atom is -0.488 e. The normalized spacial score (nSPS) is 13.6. The Kier molecular flexibility index (Phi) is 5.95. The summed E-state index contributed by atoms with van der Waals surface area (Å²) < 4.78 is 5.57. The SMILES string of the molecule is C=CCN(CC=C)C(=O)C(C)NC(=O)C1=Cc2ccccc2OC1. The van der Waals surface area contributed by atoms with E-state index in [1.54, 1.807) is 30.1 Å². The molecule has 0 spiro atoms. The molecule has 1 aromatic carbocycles. The van der Waals surface area contributed by atoms with Gasteiger partial charge in [-0.1, -0.05) is 30.4 Å². The number of carbonyl (C=O) groups excluding carboxylic acids is 2. The Morgan fingerprint density at radius 1 is 1.29 bits per heavy atom. The smallest absolute Gasteiger partial charge is 0.251 e. The van der Waals surface area contributed by atoms with Gasteiger partial charge in [-0.2, -0.15) is 0 Å². The van der Waals surface area contributed by atoms with Crippen LogP contribution in [0.2, 0.25) is 0 Å². The van der Waals surface area contributed by atoms with Crippen LogP contribution < -0.4 is 10.1 Å². The monoisotopic (exact) mass is 326 g/mol. The van der Waals surface area contributed by atoms with Gasteiger partial charge in [0.05, 0.1) is 5.57 Å². The van der Waals surface area contributed by atoms with Crippen molar-refractivity contribution < 1.29 is 14.3 Å². The van der Waals surface area contributed by atoms with Gasteiger partial charge >= 0.3 is 0 Å². The van der Waals surface area contributed by atoms with Crippen LogP contribution in [-0.4, -0.2) is 42.5 Å². The predicted octanol–water partition coefficient (Wildman–Crippen LogP) is 2.17. The second kappa shape index (κ2) is 8.15. The summed E-state index contributed by atoms with van der Waals surface area (Å²) in [6.07, 6.45) is 5.07. The standard InChI is InChI=1S/C19H22N2O3/c1-4-10-21(11-5-2)19(23)14(3)20-18(22)16-12-15-8-6-7-9-17(15)24-13-16/h4-9,12,14H,1-2,10-11,13H2,3H3,(H,20,22). The molecule has 0 fully saturated rings. The molecule has 0 aliphatic carbocycles. The number of para-hydroxylation sites is 1. The Morgan fingerprint density at radius 2 is 1.96 bits per heavy atom. The number of ether oxygens (including phenoxy) is 1. The van der Waals surface area contributed by atoms with Crippen LogP contribution in [0, 0.1) is 0 Å². The molecule has 1 N–H and O–H groups in total. The van der Waals surface area contributed by atoms with E-state index in [0.717, 1.165) is 11.3 Å². The van der Waals surface area contributed by atoms with Gasteiger partial charge in [-0.25, -0.2) is 0 Å². The number of rotatable bonds is 7. The van der Waals surface area contributed by atoms with Crippen LogP contribution in [0.5, 0.6) is 5.75 Å². The molecule has 24 heavy (non-hydrogen) atoms. The molecule has 1 heterocycles. The van der Waals surface area contributed by atoms with Crippen molar-refractivity contribution in [3.8, 4) is 5.75 Å². The molecule has 1 aromatic rings. The van der Waals surface area contributed by atoms with E-state index in [1.807, 2.05) is 24.3 Å². The van der Waals surface area contributed by atoms with Gasteiger partial charge < -0.3 is 15.0 Å². The van der Waals surface area contributed by atoms with Crippen molar-refractivity contribution in [1.29, 1.82) is 0 Å². The Labute approximate surface area is 142 Å². The molecule has 0 radical (unpaired) electrons. The van der Waals surface area contributed by atoms with Crippen molar-refractivity contribution >= 4 is 17.9 Å². The second-order valence-corrected chi connectivity index (χ2v) is 5.51. The van der Waals surface area contributed by atoms with Gasteiger partial charge in [-0.05, 0) is 19.1 Å². The molecule has 126 valence electrons. The van der Waals surface area contributed by atoms with E-state index in [4.69, 9.17) is 4.74 Å². The van der Waals surface area contributed by atoms with Crippen molar-refractivity contribution in [2.75, 3.05) is 19.7 Å². The highest BCUT2D eigenvalue weighted by Crippen LogP contribution is 2.25. The van der Waals surface area contributed by atoms with Crippen LogP contribution in [-0.2, 0) is 9.59 Å². The molecular formula is C19H22N2O3. The summed E-state index contributed by atoms with van der Waals surface area (Å²) >= 11 is 0. The zero-order valence-electron chi connectivity index (χ0n) is 13.8. The molecule has 1 aliphatic rings. The van der Waals surface area contributed by atoms with E-state index < -0.39 is 6.04 Å². The summed E-state index contributed by atoms with van der Waals surface area (Å²) in [5, 5.41) is 2.73. The number of hydrogen-bond donors (Lipinski definition) is 1. The Morgan fingerprint density at radius 3 is 2.62 bits per heavy atom. The molecule has 0 saturated heterocycles. The highest BCUT2D eigenvalue weighted by Gasteiger charge is 2.23. The van der Waals surface area contributed by atoms with E-state index in [0.29, 0.717) is 18.7 Å². The molecular weight excluding hydrogens is 304 g/mol. The summed E-state index contributed by atoms with van der Waals surface area (Å²) in [4.78, 5) is 26.4. The van der Waals surface area contributed by atoms with E-state index in [-0.39, 0.29) is 18.4 Å². The fourth-order valence-corrected chi connectivity index (χ4v) is 2.44. The van der Waals surface area contributed by atoms with Crippen LogP contribution >= 0.6 is 0 Å². The van der Waals surface area contributed by atoms with Gasteiger partial charge in [0.2, 0.25) is 5.91 Å². The summed E-state index contributed by atoms with van der Waals surface area (Å²) in [7, 11) is 0. The third-order valence-corrected chi connectivity index (χ3v) is 3.65. The van der Waals surface area contributed by atoms with E-state index in [2.05, 4.69) is 18.5 Å². The molecule has 5 heteroatoms. The first-order valence-corrected chi connectivity index (χ1v) is 7.80. The molecule has 2 rings (SSSR count). The van der Waals surface area contributed by atoms with Gasteiger partial charge in [0.25, 0.3) is 5.91 Å². The quantitative estimate of drug-likeness (QED) is 0.781. The van der Waals surface area contributed by atoms with Gasteiger partial charge in [-0.15, -0.1) is 13.2 Å². The van der Waals surface area contributed by atoms with Crippen LogP contribution in [0.15, 0.2) is 55.1 Å². The van der Waals surface area contributed by atoms with Crippen LogP contribution in [0.1, 0.15) is 12.5 Å². The summed E-state index contributed by atoms with van der Waals surface area (Å²) in [5.41, 5.74) is 1.35. The fraction of sp³-hybridized carbons (Fsp3) is 0.263. The van der Waals surface area contributed by atoms with E-state index in [1.165, 1.54) is 0 Å². The molecule has 0 bridgehead atoms. The molecule has 0 saturated carbocycles. The first-order chi connectivity index (χ1) is 11.6. The lowest BCUT2D eigenvalue weighted by Gasteiger charge is -2.24. The highest BCUT2D eigenvalue weighted by molar-refractivity contribution is 6.01. The molecule has 0 aromatic heterocycles. The average molecular weight is 326 g/mol. The van der Waals surface area contributed by atoms with Crippen LogP contribution in [0.25, 0.3) is 6.08 Å². The number of amides is 2. The van der Waals surface area contributed by atoms with Crippen molar-refractivity contribution in [1.82, 2.24) is 10.2 Å². The first kappa shape index (κ1) is 17.5. The van der Waals surface area contributed by atoms with Crippen molar-refractivity contribution in [2.45, 2.75) is 13.0 Å². The molecule has 1 aliphatic heterocycles. The molecule has 2 amide bonds. The van der Waals surface area contributed by atoms with Gasteiger partial charge in [0.15, 0.2) is 0 Å². The predicted molar refractivity (Wildman–Crippen MR) is 94.5 cm³/mol. The lowest BCUT2D eigenvalue weighted by Crippen LogP contribution is -2.47. The maximum absolute atomic E-state index is 12.4. The van der Waals surface area contributed by atoms with Gasteiger partial charge in [0, 0.05) is 18.7 Å². The van der Waals surface area contributed by atoms with Crippen molar-refractivity contribution in [2.24, 2.45) is 0 Å². The maximum atomic E-state index is 12.4. The zero-order chi connectivity index (χ0) is 17.5. The highest BCUT2D eigenvalue weighted by atomic mass is 16.5. The largest absolute Gasteiger partial charge is 0.488 e. The Balaban J connectivity index is 2.04. The van der Waals surface area contributed by atoms with Crippen LogP contribution in [0.4, 0.5) is 0 Å². The van der Waals surface area contributed by atoms with E-state index >= 15 is 0 Å². The summed E-state index contributed by atoms with van der Waals surface area (Å²) in [6.45, 7) is 9.94. The first-order valence-electron chi connectivity index (χ1n) is 7.80. The van der Waals surface area contributed by atoms with E-state index in [9.17, 15) is 9.59 Å². The second-order valence-electron chi connectivity index (χ2n) is 5.51. The summed E-state index contributed by atoms with van der Waals surface area (Å²) in [6, 6.07) is 6.86. The lowest BCUT2D eigenvalue weighted by atomic mass is 10.1. The number of nitrogens with zero attached hydrogens (tertiary/aromatic N) is 1. The Bertz CT molecular complexity index is 669. The maximum Gasteiger partial charge on any atom is 0.251 e. The van der Waals surface area contributed by atoms with Crippen molar-refractivity contribution in [3.63, 3.8) is 0 Å². The average Bonchev–Trinajstić information content (AvgIpc) is 2.60. The fourth-order valence-electron chi connectivity index (χ4n) is 2.44. The number of hydrogen-bond acceptors (Lipinski definition) is 3. The number of nitrogens with one attached hydrogen (secondary N) is 1. The molecule has 5 nitrogen and oxygen atoms in total. The lowest BCUT2D eigenvalue weighted by molar-refractivity contribution is -0.134. The van der Waals surface area contributed by atoms with Gasteiger partial charge in [0.1, 0.15) is 18.4 Å². The number of carbonyl (C=O) groups is 2. The third kappa shape index (κ3) is 4.13. The molecule has 1 unspecified atom stereocenters. The van der Waals surface area contributed by atoms with Crippen LogP contribution in [0.3, 0.4) is 0 Å². The third-order valence-electron chi connectivity index (χ3n) is 3.65. The minimum atomic E-state index is -0.643.